The van der Waals surface area contributed by atoms with Crippen LogP contribution in [-0.2, 0) is 16.0 Å². The summed E-state index contributed by atoms with van der Waals surface area (Å²) in [5, 5.41) is 12.8. The van der Waals surface area contributed by atoms with Gasteiger partial charge in [0, 0.05) is 26.6 Å². The number of aryl methyl sites for hydroxylation is 1. The first-order chi connectivity index (χ1) is 10.2. The predicted octanol–water partition coefficient (Wildman–Crippen LogP) is 1.74. The molecule has 1 aromatic carbocycles. The minimum Gasteiger partial charge on any atom is -0.396 e. The number of para-hydroxylation sites is 1. The number of carbonyl (C=O) groups is 1. The molecular formula is C15H20N2O3S. The molecule has 2 N–H and O–H groups in total. The van der Waals surface area contributed by atoms with Crippen molar-refractivity contribution in [1.82, 2.24) is 10.3 Å². The van der Waals surface area contributed by atoms with E-state index < -0.39 is 0 Å². The Morgan fingerprint density at radius 1 is 1.48 bits per heavy atom. The molecule has 2 aromatic rings. The van der Waals surface area contributed by atoms with Gasteiger partial charge < -0.3 is 15.2 Å². The zero-order valence-electron chi connectivity index (χ0n) is 12.0. The monoisotopic (exact) mass is 308 g/mol. The summed E-state index contributed by atoms with van der Waals surface area (Å²) in [7, 11) is 1.58. The molecule has 0 spiro atoms. The van der Waals surface area contributed by atoms with E-state index in [4.69, 9.17) is 9.84 Å². The average molecular weight is 308 g/mol. The number of methoxy groups -OCH3 is 1. The van der Waals surface area contributed by atoms with E-state index in [1.54, 1.807) is 18.4 Å². The Kier molecular flexibility index (Phi) is 6.10. The van der Waals surface area contributed by atoms with E-state index in [2.05, 4.69) is 10.3 Å². The van der Waals surface area contributed by atoms with Crippen LogP contribution in [0.3, 0.4) is 0 Å². The van der Waals surface area contributed by atoms with Crippen LogP contribution in [0.5, 0.6) is 0 Å². The van der Waals surface area contributed by atoms with Gasteiger partial charge in [0.2, 0.25) is 5.91 Å². The van der Waals surface area contributed by atoms with Gasteiger partial charge in [0.05, 0.1) is 27.9 Å². The molecule has 6 heteroatoms. The molecule has 21 heavy (non-hydrogen) atoms. The molecule has 0 radical (unpaired) electrons. The third-order valence-corrected chi connectivity index (χ3v) is 4.21. The zero-order valence-corrected chi connectivity index (χ0v) is 12.9. The Morgan fingerprint density at radius 3 is 3.00 bits per heavy atom. The standard InChI is InChI=1S/C15H20N2O3S/c1-20-10-11(8-9-18)16-14(19)6-7-15-17-12-4-2-3-5-13(12)21-15/h2-5,11,18H,6-10H2,1H3,(H,16,19). The number of aliphatic hydroxyl groups excluding tert-OH is 1. The van der Waals surface area contributed by atoms with Gasteiger partial charge in [0.25, 0.3) is 0 Å². The van der Waals surface area contributed by atoms with Gasteiger partial charge in [0.1, 0.15) is 0 Å². The summed E-state index contributed by atoms with van der Waals surface area (Å²) >= 11 is 1.62. The summed E-state index contributed by atoms with van der Waals surface area (Å²) in [6.45, 7) is 0.444. The number of amides is 1. The highest BCUT2D eigenvalue weighted by Gasteiger charge is 2.12. The van der Waals surface area contributed by atoms with E-state index >= 15 is 0 Å². The summed E-state index contributed by atoms with van der Waals surface area (Å²) in [5.41, 5.74) is 0.982. The van der Waals surface area contributed by atoms with Gasteiger partial charge in [-0.15, -0.1) is 11.3 Å². The lowest BCUT2D eigenvalue weighted by molar-refractivity contribution is -0.122. The average Bonchev–Trinajstić information content (AvgIpc) is 2.88. The summed E-state index contributed by atoms with van der Waals surface area (Å²) < 4.78 is 6.17. The molecule has 5 nitrogen and oxygen atoms in total. The van der Waals surface area contributed by atoms with Crippen LogP contribution in [0.2, 0.25) is 0 Å². The second-order valence-electron chi connectivity index (χ2n) is 4.81. The highest BCUT2D eigenvalue weighted by Crippen LogP contribution is 2.22. The van der Waals surface area contributed by atoms with Crippen molar-refractivity contribution in [2.45, 2.75) is 25.3 Å². The summed E-state index contributed by atoms with van der Waals surface area (Å²) in [4.78, 5) is 16.4. The van der Waals surface area contributed by atoms with Crippen molar-refractivity contribution in [3.05, 3.63) is 29.3 Å². The Hall–Kier alpha value is -1.50. The van der Waals surface area contributed by atoms with Crippen molar-refractivity contribution < 1.29 is 14.6 Å². The second kappa shape index (κ2) is 8.07. The van der Waals surface area contributed by atoms with Crippen LogP contribution in [0.25, 0.3) is 10.2 Å². The number of thiazole rings is 1. The first-order valence-electron chi connectivity index (χ1n) is 6.96. The first kappa shape index (κ1) is 15.9. The van der Waals surface area contributed by atoms with Gasteiger partial charge in [-0.3, -0.25) is 4.79 Å². The number of ether oxygens (including phenoxy) is 1. The molecule has 114 valence electrons. The van der Waals surface area contributed by atoms with Gasteiger partial charge in [-0.25, -0.2) is 4.98 Å². The second-order valence-corrected chi connectivity index (χ2v) is 5.92. The number of rotatable bonds is 8. The maximum Gasteiger partial charge on any atom is 0.220 e. The van der Waals surface area contributed by atoms with Crippen LogP contribution >= 0.6 is 11.3 Å². The molecule has 0 aliphatic rings. The number of carbonyl (C=O) groups excluding carboxylic acids is 1. The lowest BCUT2D eigenvalue weighted by atomic mass is 10.2. The molecule has 0 saturated carbocycles. The Bertz CT molecular complexity index is 546. The smallest absolute Gasteiger partial charge is 0.220 e. The summed E-state index contributed by atoms with van der Waals surface area (Å²) in [6.07, 6.45) is 1.52. The number of hydrogen-bond donors (Lipinski definition) is 2. The van der Waals surface area contributed by atoms with Gasteiger partial charge in [-0.05, 0) is 18.6 Å². The van der Waals surface area contributed by atoms with Crippen LogP contribution in [0.4, 0.5) is 0 Å². The Labute approximate surface area is 128 Å². The highest BCUT2D eigenvalue weighted by molar-refractivity contribution is 7.18. The van der Waals surface area contributed by atoms with Gasteiger partial charge in [0.15, 0.2) is 0 Å². The Morgan fingerprint density at radius 2 is 2.29 bits per heavy atom. The fourth-order valence-electron chi connectivity index (χ4n) is 2.10. The molecule has 0 saturated heterocycles. The van der Waals surface area contributed by atoms with Gasteiger partial charge in [-0.1, -0.05) is 12.1 Å². The van der Waals surface area contributed by atoms with Gasteiger partial charge >= 0.3 is 0 Å². The lowest BCUT2D eigenvalue weighted by Crippen LogP contribution is -2.38. The largest absolute Gasteiger partial charge is 0.396 e. The molecule has 2 rings (SSSR count). The van der Waals surface area contributed by atoms with E-state index in [0.29, 0.717) is 25.9 Å². The van der Waals surface area contributed by atoms with E-state index in [1.807, 2.05) is 24.3 Å². The van der Waals surface area contributed by atoms with Crippen LogP contribution in [-0.4, -0.2) is 42.4 Å². The van der Waals surface area contributed by atoms with Crippen LogP contribution < -0.4 is 5.32 Å². The molecule has 0 aliphatic carbocycles. The fraction of sp³-hybridized carbons (Fsp3) is 0.467. The third kappa shape index (κ3) is 4.77. The molecule has 0 fully saturated rings. The number of hydrogen-bond acceptors (Lipinski definition) is 5. The highest BCUT2D eigenvalue weighted by atomic mass is 32.1. The van der Waals surface area contributed by atoms with Crippen molar-refractivity contribution in [2.24, 2.45) is 0 Å². The van der Waals surface area contributed by atoms with Crippen LogP contribution in [0.15, 0.2) is 24.3 Å². The number of aliphatic hydroxyl groups is 1. The minimum absolute atomic E-state index is 0.0339. The van der Waals surface area contributed by atoms with Crippen molar-refractivity contribution in [3.8, 4) is 0 Å². The number of aromatic nitrogens is 1. The van der Waals surface area contributed by atoms with Crippen LogP contribution in [0, 0.1) is 0 Å². The van der Waals surface area contributed by atoms with Crippen molar-refractivity contribution >= 4 is 27.5 Å². The topological polar surface area (TPSA) is 71.5 Å². The van der Waals surface area contributed by atoms with E-state index in [9.17, 15) is 4.79 Å². The quantitative estimate of drug-likeness (QED) is 0.779. The normalized spacial score (nSPS) is 12.5. The maximum atomic E-state index is 11.9. The van der Waals surface area contributed by atoms with E-state index in [0.717, 1.165) is 15.2 Å². The number of nitrogens with zero attached hydrogens (tertiary/aromatic N) is 1. The molecule has 1 atom stereocenters. The van der Waals surface area contributed by atoms with E-state index in [-0.39, 0.29) is 18.6 Å². The first-order valence-corrected chi connectivity index (χ1v) is 7.78. The molecule has 1 unspecified atom stereocenters. The number of benzene rings is 1. The summed E-state index contributed by atoms with van der Waals surface area (Å²) in [5.74, 6) is -0.0373. The lowest BCUT2D eigenvalue weighted by Gasteiger charge is -2.16. The van der Waals surface area contributed by atoms with Crippen molar-refractivity contribution in [2.75, 3.05) is 20.3 Å². The van der Waals surface area contributed by atoms with Crippen molar-refractivity contribution in [3.63, 3.8) is 0 Å². The molecule has 1 aromatic heterocycles. The molecular weight excluding hydrogens is 288 g/mol. The fourth-order valence-corrected chi connectivity index (χ4v) is 3.07. The molecule has 0 bridgehead atoms. The molecule has 1 amide bonds. The predicted molar refractivity (Wildman–Crippen MR) is 83.5 cm³/mol. The third-order valence-electron chi connectivity index (χ3n) is 3.11. The minimum atomic E-state index is -0.136. The maximum absolute atomic E-state index is 11.9. The number of nitrogens with one attached hydrogen (secondary N) is 1. The van der Waals surface area contributed by atoms with Gasteiger partial charge in [-0.2, -0.15) is 0 Å². The molecule has 1 heterocycles. The van der Waals surface area contributed by atoms with Crippen molar-refractivity contribution in [1.29, 1.82) is 0 Å². The molecule has 0 aliphatic heterocycles. The SMILES string of the molecule is COCC(CCO)NC(=O)CCc1nc2ccccc2s1. The Balaban J connectivity index is 1.85. The van der Waals surface area contributed by atoms with E-state index in [1.165, 1.54) is 0 Å². The number of fused-ring (bicyclic) bond motifs is 1. The van der Waals surface area contributed by atoms with Crippen LogP contribution in [0.1, 0.15) is 17.8 Å². The zero-order chi connectivity index (χ0) is 15.1. The summed E-state index contributed by atoms with van der Waals surface area (Å²) in [6, 6.07) is 7.82.